The first-order valence-electron chi connectivity index (χ1n) is 11.2. The van der Waals surface area contributed by atoms with Crippen LogP contribution in [0.15, 0.2) is 81.3 Å². The molecule has 0 aliphatic carbocycles. The number of carboxylic acids is 1. The van der Waals surface area contributed by atoms with Crippen LogP contribution >= 0.6 is 0 Å². The van der Waals surface area contributed by atoms with Gasteiger partial charge in [-0.2, -0.15) is 0 Å². The highest BCUT2D eigenvalue weighted by molar-refractivity contribution is 6.42. The summed E-state index contributed by atoms with van der Waals surface area (Å²) >= 11 is 0. The van der Waals surface area contributed by atoms with Crippen molar-refractivity contribution in [2.45, 2.75) is 18.6 Å². The zero-order chi connectivity index (χ0) is 26.3. The molecule has 1 amide bonds. The number of amides is 1. The first-order valence-corrected chi connectivity index (χ1v) is 11.2. The number of H-pyrrole nitrogens is 1. The van der Waals surface area contributed by atoms with Crippen molar-refractivity contribution in [3.63, 3.8) is 0 Å². The lowest BCUT2D eigenvalue weighted by Crippen LogP contribution is -2.45. The van der Waals surface area contributed by atoms with Gasteiger partial charge in [-0.15, -0.1) is 0 Å². The number of aliphatic imine (C=N–C) groups is 1. The Morgan fingerprint density at radius 3 is 2.54 bits per heavy atom. The number of rotatable bonds is 6. The number of aliphatic carboxylic acids is 1. The fourth-order valence-electron chi connectivity index (χ4n) is 4.22. The molecule has 1 aliphatic heterocycles. The molecule has 1 aliphatic rings. The van der Waals surface area contributed by atoms with Crippen molar-refractivity contribution in [3.05, 3.63) is 98.7 Å². The number of aromatic nitrogens is 2. The van der Waals surface area contributed by atoms with Crippen LogP contribution in [0, 0.1) is 0 Å². The number of halogens is 1. The van der Waals surface area contributed by atoms with Gasteiger partial charge in [-0.25, -0.2) is 23.5 Å². The number of nitrogens with zero attached hydrogens (tertiary/aromatic N) is 2. The Labute approximate surface area is 207 Å². The molecule has 2 atom stereocenters. The standard InChI is InChI=1S/C26H20FN5O5/c27-21-16-3-1-2-4-18(16)29-22(21)23(33)30-20(25(35)36)11-13-5-8-15(9-6-13)32-24(34)17-12-14(28)7-10-19(17)31-26(32)37/h1-10,12,20-21H,11,28H2,(H,30,33)(H,31,37)(H,35,36). The van der Waals surface area contributed by atoms with Crippen molar-refractivity contribution < 1.29 is 19.1 Å². The van der Waals surface area contributed by atoms with E-state index in [2.05, 4.69) is 15.3 Å². The van der Waals surface area contributed by atoms with E-state index in [1.54, 1.807) is 30.3 Å². The molecule has 10 nitrogen and oxygen atoms in total. The minimum absolute atomic E-state index is 0.127. The van der Waals surface area contributed by atoms with Gasteiger partial charge >= 0.3 is 11.7 Å². The highest BCUT2D eigenvalue weighted by atomic mass is 19.1. The van der Waals surface area contributed by atoms with Gasteiger partial charge < -0.3 is 21.1 Å². The van der Waals surface area contributed by atoms with Crippen molar-refractivity contribution in [2.24, 2.45) is 4.99 Å². The summed E-state index contributed by atoms with van der Waals surface area (Å²) in [5.41, 5.74) is 6.20. The molecular formula is C26H20FN5O5. The molecule has 0 radical (unpaired) electrons. The number of para-hydroxylation sites is 1. The number of carbonyl (C=O) groups is 2. The zero-order valence-electron chi connectivity index (χ0n) is 19.1. The second-order valence-electron chi connectivity index (χ2n) is 8.53. The van der Waals surface area contributed by atoms with Crippen LogP contribution in [0.3, 0.4) is 0 Å². The summed E-state index contributed by atoms with van der Waals surface area (Å²) in [4.78, 5) is 56.6. The third-order valence-electron chi connectivity index (χ3n) is 6.08. The summed E-state index contributed by atoms with van der Waals surface area (Å²) in [6.45, 7) is 0. The minimum atomic E-state index is -1.75. The van der Waals surface area contributed by atoms with Gasteiger partial charge in [-0.05, 0) is 42.0 Å². The number of carbonyl (C=O) groups excluding carboxylic acids is 1. The van der Waals surface area contributed by atoms with Gasteiger partial charge in [0, 0.05) is 17.7 Å². The van der Waals surface area contributed by atoms with Crippen LogP contribution in [0.2, 0.25) is 0 Å². The molecule has 1 aromatic heterocycles. The molecular weight excluding hydrogens is 481 g/mol. The van der Waals surface area contributed by atoms with Crippen molar-refractivity contribution >= 4 is 39.9 Å². The first kappa shape index (κ1) is 23.7. The lowest BCUT2D eigenvalue weighted by molar-refractivity contribution is -0.141. The first-order chi connectivity index (χ1) is 17.7. The second kappa shape index (κ2) is 9.19. The predicted octanol–water partition coefficient (Wildman–Crippen LogP) is 2.17. The van der Waals surface area contributed by atoms with E-state index in [1.165, 1.54) is 36.4 Å². The molecule has 0 fully saturated rings. The number of nitrogens with one attached hydrogen (secondary N) is 2. The molecule has 2 unspecified atom stereocenters. The quantitative estimate of drug-likeness (QED) is 0.296. The molecule has 11 heteroatoms. The lowest BCUT2D eigenvalue weighted by Gasteiger charge is -2.16. The number of fused-ring (bicyclic) bond motifs is 2. The summed E-state index contributed by atoms with van der Waals surface area (Å²) in [6.07, 6.45) is -1.88. The number of alkyl halides is 1. The summed E-state index contributed by atoms with van der Waals surface area (Å²) < 4.78 is 15.6. The van der Waals surface area contributed by atoms with Crippen molar-refractivity contribution in [1.29, 1.82) is 0 Å². The number of hydrogen-bond acceptors (Lipinski definition) is 6. The third kappa shape index (κ3) is 4.38. The minimum Gasteiger partial charge on any atom is -0.480 e. The van der Waals surface area contributed by atoms with Gasteiger partial charge in [-0.3, -0.25) is 9.59 Å². The van der Waals surface area contributed by atoms with E-state index < -0.39 is 41.1 Å². The molecule has 186 valence electrons. The van der Waals surface area contributed by atoms with E-state index in [0.29, 0.717) is 22.5 Å². The van der Waals surface area contributed by atoms with Gasteiger partial charge in [0.2, 0.25) is 0 Å². The number of nitrogen functional groups attached to an aromatic ring is 1. The van der Waals surface area contributed by atoms with Crippen LogP contribution in [0.4, 0.5) is 15.8 Å². The number of anilines is 1. The van der Waals surface area contributed by atoms with Crippen LogP contribution in [0.5, 0.6) is 0 Å². The number of benzene rings is 3. The number of aromatic amines is 1. The summed E-state index contributed by atoms with van der Waals surface area (Å²) in [7, 11) is 0. The smallest absolute Gasteiger partial charge is 0.333 e. The zero-order valence-corrected chi connectivity index (χ0v) is 19.1. The van der Waals surface area contributed by atoms with Crippen molar-refractivity contribution in [3.8, 4) is 5.69 Å². The highest BCUT2D eigenvalue weighted by Crippen LogP contribution is 2.36. The number of nitrogens with two attached hydrogens (primary N) is 1. The summed E-state index contributed by atoms with van der Waals surface area (Å²) in [5.74, 6) is -2.23. The van der Waals surface area contributed by atoms with E-state index in [0.717, 1.165) is 4.57 Å². The van der Waals surface area contributed by atoms with Gasteiger partial charge in [0.25, 0.3) is 11.5 Å². The van der Waals surface area contributed by atoms with E-state index in [1.807, 2.05) is 0 Å². The van der Waals surface area contributed by atoms with Crippen LogP contribution in [0.25, 0.3) is 16.6 Å². The van der Waals surface area contributed by atoms with E-state index in [4.69, 9.17) is 5.73 Å². The summed E-state index contributed by atoms with van der Waals surface area (Å²) in [6, 6.07) is 15.6. The van der Waals surface area contributed by atoms with Gasteiger partial charge in [-0.1, -0.05) is 30.3 Å². The maximum atomic E-state index is 14.7. The average molecular weight is 501 g/mol. The molecule has 4 aromatic rings. The monoisotopic (exact) mass is 501 g/mol. The van der Waals surface area contributed by atoms with E-state index in [-0.39, 0.29) is 23.1 Å². The van der Waals surface area contributed by atoms with Gasteiger partial charge in [0.05, 0.1) is 22.3 Å². The Morgan fingerprint density at radius 2 is 1.84 bits per heavy atom. The Balaban J connectivity index is 1.36. The lowest BCUT2D eigenvalue weighted by atomic mass is 10.0. The Hall–Kier alpha value is -5.06. The van der Waals surface area contributed by atoms with Crippen LogP contribution < -0.4 is 22.3 Å². The Kier molecular flexibility index (Phi) is 5.88. The maximum Gasteiger partial charge on any atom is 0.333 e. The third-order valence-corrected chi connectivity index (χ3v) is 6.08. The molecule has 0 spiro atoms. The van der Waals surface area contributed by atoms with Crippen LogP contribution in [-0.4, -0.2) is 38.3 Å². The number of hydrogen-bond donors (Lipinski definition) is 4. The molecule has 5 N–H and O–H groups in total. The fourth-order valence-corrected chi connectivity index (χ4v) is 4.22. The molecule has 37 heavy (non-hydrogen) atoms. The van der Waals surface area contributed by atoms with E-state index >= 15 is 0 Å². The molecule has 3 aromatic carbocycles. The fraction of sp³-hybridized carbons (Fsp3) is 0.115. The van der Waals surface area contributed by atoms with E-state index in [9.17, 15) is 28.7 Å². The largest absolute Gasteiger partial charge is 0.480 e. The van der Waals surface area contributed by atoms with Gasteiger partial charge in [0.15, 0.2) is 6.17 Å². The van der Waals surface area contributed by atoms with Crippen molar-refractivity contribution in [1.82, 2.24) is 14.9 Å². The molecule has 0 bridgehead atoms. The topological polar surface area (TPSA) is 160 Å². The number of carboxylic acid groups (broad SMARTS) is 1. The highest BCUT2D eigenvalue weighted by Gasteiger charge is 2.33. The molecule has 5 rings (SSSR count). The molecule has 2 heterocycles. The molecule has 0 saturated heterocycles. The summed E-state index contributed by atoms with van der Waals surface area (Å²) in [5, 5.41) is 12.2. The SMILES string of the molecule is Nc1ccc2[nH]c(=O)n(-c3ccc(CC(NC(=O)C4=Nc5ccccc5C4F)C(=O)O)cc3)c(=O)c2c1. The van der Waals surface area contributed by atoms with Crippen LogP contribution in [0.1, 0.15) is 17.3 Å². The maximum absolute atomic E-state index is 14.7. The second-order valence-corrected chi connectivity index (χ2v) is 8.53. The van der Waals surface area contributed by atoms with Crippen molar-refractivity contribution in [2.75, 3.05) is 5.73 Å². The van der Waals surface area contributed by atoms with Crippen LogP contribution in [-0.2, 0) is 16.0 Å². The average Bonchev–Trinajstić information content (AvgIpc) is 3.22. The normalized spacial score (nSPS) is 15.2. The molecule has 0 saturated carbocycles. The Bertz CT molecular complexity index is 1710. The Morgan fingerprint density at radius 1 is 1.11 bits per heavy atom. The van der Waals surface area contributed by atoms with Gasteiger partial charge in [0.1, 0.15) is 11.8 Å². The predicted molar refractivity (Wildman–Crippen MR) is 135 cm³/mol.